The topological polar surface area (TPSA) is 59.0 Å². The number of fused-ring (bicyclic) bond motifs is 3. The van der Waals surface area contributed by atoms with Gasteiger partial charge in [-0.25, -0.2) is 4.79 Å². The van der Waals surface area contributed by atoms with Crippen molar-refractivity contribution in [3.05, 3.63) is 0 Å². The molecule has 1 atom stereocenters. The molecule has 4 aliphatic heterocycles. The fourth-order valence-corrected chi connectivity index (χ4v) is 2.96. The van der Waals surface area contributed by atoms with Crippen molar-refractivity contribution < 1.29 is 19.4 Å². The molecule has 0 amide bonds. The molecule has 0 radical (unpaired) electrons. The summed E-state index contributed by atoms with van der Waals surface area (Å²) in [6.07, 6.45) is 4.37. The van der Waals surface area contributed by atoms with Crippen molar-refractivity contribution in [2.24, 2.45) is 5.92 Å². The van der Waals surface area contributed by atoms with Gasteiger partial charge in [0.25, 0.3) is 0 Å². The lowest BCUT2D eigenvalue weighted by molar-refractivity contribution is -0.183. The minimum atomic E-state index is -1.23. The van der Waals surface area contributed by atoms with E-state index in [1.807, 2.05) is 0 Å². The maximum absolute atomic E-state index is 11.4. The summed E-state index contributed by atoms with van der Waals surface area (Å²) in [6, 6.07) is 0. The lowest BCUT2D eigenvalue weighted by Gasteiger charge is -2.48. The van der Waals surface area contributed by atoms with Crippen molar-refractivity contribution in [1.29, 1.82) is 0 Å². The maximum Gasteiger partial charge on any atom is 0.339 e. The van der Waals surface area contributed by atoms with Gasteiger partial charge in [-0.15, -0.1) is 0 Å². The Labute approximate surface area is 108 Å². The Hall–Kier alpha value is -0.650. The summed E-state index contributed by atoms with van der Waals surface area (Å²) in [5, 5.41) is 10.1. The van der Waals surface area contributed by atoms with Crippen LogP contribution in [0.3, 0.4) is 0 Å². The van der Waals surface area contributed by atoms with Crippen molar-refractivity contribution in [1.82, 2.24) is 4.90 Å². The molecule has 4 rings (SSSR count). The van der Waals surface area contributed by atoms with E-state index in [-0.39, 0.29) is 5.92 Å². The second-order valence-corrected chi connectivity index (χ2v) is 5.29. The summed E-state index contributed by atoms with van der Waals surface area (Å²) < 4.78 is 9.57. The molecule has 4 saturated heterocycles. The number of esters is 1. The van der Waals surface area contributed by atoms with Crippen LogP contribution in [0.5, 0.6) is 0 Å². The number of methoxy groups -OCH3 is 1. The monoisotopic (exact) mass is 257 g/mol. The lowest BCUT2D eigenvalue weighted by atomic mass is 9.75. The van der Waals surface area contributed by atoms with Crippen LogP contribution in [0.15, 0.2) is 0 Å². The van der Waals surface area contributed by atoms with E-state index in [1.54, 1.807) is 0 Å². The number of rotatable bonds is 1. The van der Waals surface area contributed by atoms with Crippen LogP contribution in [0.2, 0.25) is 0 Å². The van der Waals surface area contributed by atoms with Crippen molar-refractivity contribution in [2.45, 2.75) is 31.3 Å². The standard InChI is InChI=1S/C9H15NO3.C4H8O/c1-13-8(11)9(12)6-10-4-2-7(9)3-5-10;1-2-4-5-3-1/h7,12H,2-6H2,1H3;1-4H2. The molecule has 0 spiro atoms. The van der Waals surface area contributed by atoms with E-state index in [4.69, 9.17) is 4.74 Å². The molecule has 4 aliphatic rings. The fourth-order valence-electron chi connectivity index (χ4n) is 2.96. The van der Waals surface area contributed by atoms with E-state index < -0.39 is 11.6 Å². The Morgan fingerprint density at radius 2 is 1.94 bits per heavy atom. The molecule has 0 aromatic heterocycles. The predicted molar refractivity (Wildman–Crippen MR) is 66.2 cm³/mol. The minimum absolute atomic E-state index is 0.102. The van der Waals surface area contributed by atoms with Gasteiger partial charge >= 0.3 is 5.97 Å². The highest BCUT2D eigenvalue weighted by Crippen LogP contribution is 2.36. The first-order valence-electron chi connectivity index (χ1n) is 6.77. The molecule has 5 heteroatoms. The highest BCUT2D eigenvalue weighted by Gasteiger charge is 2.51. The first-order chi connectivity index (χ1) is 8.66. The molecule has 104 valence electrons. The molecule has 0 saturated carbocycles. The van der Waals surface area contributed by atoms with E-state index in [2.05, 4.69) is 9.64 Å². The third-order valence-corrected chi connectivity index (χ3v) is 4.09. The van der Waals surface area contributed by atoms with Crippen LogP contribution < -0.4 is 0 Å². The molecule has 1 unspecified atom stereocenters. The predicted octanol–water partition coefficient (Wildman–Crippen LogP) is 0.413. The molecular weight excluding hydrogens is 234 g/mol. The van der Waals surface area contributed by atoms with Crippen LogP contribution >= 0.6 is 0 Å². The van der Waals surface area contributed by atoms with Crippen molar-refractivity contribution in [3.8, 4) is 0 Å². The van der Waals surface area contributed by atoms with E-state index >= 15 is 0 Å². The molecule has 2 bridgehead atoms. The van der Waals surface area contributed by atoms with Crippen LogP contribution in [0.4, 0.5) is 0 Å². The molecule has 4 fully saturated rings. The molecule has 5 nitrogen and oxygen atoms in total. The van der Waals surface area contributed by atoms with Crippen molar-refractivity contribution in [2.75, 3.05) is 40.0 Å². The van der Waals surface area contributed by atoms with Crippen LogP contribution in [0, 0.1) is 5.92 Å². The number of piperidine rings is 3. The number of ether oxygens (including phenoxy) is 2. The van der Waals surface area contributed by atoms with Gasteiger partial charge in [-0.1, -0.05) is 0 Å². The lowest BCUT2D eigenvalue weighted by Crippen LogP contribution is -2.63. The van der Waals surface area contributed by atoms with E-state index in [0.717, 1.165) is 39.1 Å². The summed E-state index contributed by atoms with van der Waals surface area (Å²) in [4.78, 5) is 13.5. The van der Waals surface area contributed by atoms with Gasteiger partial charge in [0.15, 0.2) is 5.60 Å². The highest BCUT2D eigenvalue weighted by atomic mass is 16.5. The summed E-state index contributed by atoms with van der Waals surface area (Å²) in [6.45, 7) is 4.46. The van der Waals surface area contributed by atoms with Crippen LogP contribution in [0.25, 0.3) is 0 Å². The maximum atomic E-state index is 11.4. The number of aliphatic hydroxyl groups is 1. The summed E-state index contributed by atoms with van der Waals surface area (Å²) >= 11 is 0. The van der Waals surface area contributed by atoms with E-state index in [9.17, 15) is 9.90 Å². The van der Waals surface area contributed by atoms with Gasteiger partial charge < -0.3 is 14.6 Å². The Morgan fingerprint density at radius 1 is 1.33 bits per heavy atom. The zero-order valence-electron chi connectivity index (χ0n) is 11.1. The SMILES string of the molecule is C1CCOC1.COC(=O)C1(O)CN2CCC1CC2. The first kappa shape index (κ1) is 13.8. The Balaban J connectivity index is 0.000000202. The van der Waals surface area contributed by atoms with Gasteiger partial charge in [0.05, 0.1) is 7.11 Å². The zero-order chi connectivity index (χ0) is 13.0. The summed E-state index contributed by atoms with van der Waals surface area (Å²) in [5.74, 6) is -0.369. The third-order valence-electron chi connectivity index (χ3n) is 4.09. The molecule has 1 N–H and O–H groups in total. The summed E-state index contributed by atoms with van der Waals surface area (Å²) in [7, 11) is 1.33. The van der Waals surface area contributed by atoms with Crippen LogP contribution in [-0.4, -0.2) is 61.5 Å². The van der Waals surface area contributed by atoms with Crippen molar-refractivity contribution >= 4 is 5.97 Å². The number of nitrogens with zero attached hydrogens (tertiary/aromatic N) is 1. The number of hydrogen-bond acceptors (Lipinski definition) is 5. The Bertz CT molecular complexity index is 277. The largest absolute Gasteiger partial charge is 0.467 e. The Kier molecular flexibility index (Phi) is 4.59. The summed E-state index contributed by atoms with van der Waals surface area (Å²) in [5.41, 5.74) is -1.23. The second-order valence-electron chi connectivity index (χ2n) is 5.29. The van der Waals surface area contributed by atoms with Gasteiger partial charge in [0.2, 0.25) is 0 Å². The highest BCUT2D eigenvalue weighted by molar-refractivity contribution is 5.80. The molecule has 0 aliphatic carbocycles. The van der Waals surface area contributed by atoms with Gasteiger partial charge in [0, 0.05) is 25.7 Å². The van der Waals surface area contributed by atoms with Gasteiger partial charge in [0.1, 0.15) is 0 Å². The average Bonchev–Trinajstić information content (AvgIpc) is 2.98. The minimum Gasteiger partial charge on any atom is -0.467 e. The normalized spacial score (nSPS) is 37.9. The second kappa shape index (κ2) is 5.99. The van der Waals surface area contributed by atoms with Gasteiger partial charge in [-0.3, -0.25) is 4.90 Å². The molecule has 4 heterocycles. The zero-order valence-corrected chi connectivity index (χ0v) is 11.1. The smallest absolute Gasteiger partial charge is 0.339 e. The average molecular weight is 257 g/mol. The molecule has 0 aromatic rings. The molecule has 18 heavy (non-hydrogen) atoms. The van der Waals surface area contributed by atoms with E-state index in [1.165, 1.54) is 20.0 Å². The third kappa shape index (κ3) is 2.84. The van der Waals surface area contributed by atoms with Crippen LogP contribution in [-0.2, 0) is 14.3 Å². The first-order valence-corrected chi connectivity index (χ1v) is 6.77. The molecular formula is C13H23NO4. The Morgan fingerprint density at radius 3 is 2.28 bits per heavy atom. The number of carbonyl (C=O) groups is 1. The number of carbonyl (C=O) groups excluding carboxylic acids is 1. The van der Waals surface area contributed by atoms with Gasteiger partial charge in [-0.2, -0.15) is 0 Å². The molecule has 0 aromatic carbocycles. The van der Waals surface area contributed by atoms with Crippen LogP contribution in [0.1, 0.15) is 25.7 Å². The van der Waals surface area contributed by atoms with Crippen molar-refractivity contribution in [3.63, 3.8) is 0 Å². The quantitative estimate of drug-likeness (QED) is 0.690. The van der Waals surface area contributed by atoms with Gasteiger partial charge in [-0.05, 0) is 38.8 Å². The fraction of sp³-hybridized carbons (Fsp3) is 0.923. The van der Waals surface area contributed by atoms with E-state index in [0.29, 0.717) is 6.54 Å². The number of hydrogen-bond donors (Lipinski definition) is 1.